The number of ether oxygens (including phenoxy) is 1. The SMILES string of the molecule is COc1ncccc1CNn1ccc(C)c(CC(=O)NCc2ccc(N(C(=O)O)C(C)(C)C)nc2C)c1=O. The van der Waals surface area contributed by atoms with Crippen molar-refractivity contribution in [3.05, 3.63) is 81.0 Å². The van der Waals surface area contributed by atoms with Gasteiger partial charge in [0.05, 0.1) is 20.1 Å². The lowest BCUT2D eigenvalue weighted by molar-refractivity contribution is -0.120. The predicted octanol–water partition coefficient (Wildman–Crippen LogP) is 3.15. The second-order valence-electron chi connectivity index (χ2n) is 9.82. The molecule has 202 valence electrons. The summed E-state index contributed by atoms with van der Waals surface area (Å²) in [5, 5.41) is 12.4. The first-order valence-electron chi connectivity index (χ1n) is 12.1. The summed E-state index contributed by atoms with van der Waals surface area (Å²) in [7, 11) is 1.53. The molecule has 0 atom stereocenters. The van der Waals surface area contributed by atoms with E-state index in [4.69, 9.17) is 4.74 Å². The Balaban J connectivity index is 1.68. The van der Waals surface area contributed by atoms with Crippen LogP contribution in [-0.4, -0.2) is 44.4 Å². The smallest absolute Gasteiger partial charge is 0.413 e. The van der Waals surface area contributed by atoms with Gasteiger partial charge in [0.25, 0.3) is 5.56 Å². The number of amides is 2. The fourth-order valence-electron chi connectivity index (χ4n) is 3.95. The standard InChI is InChI=1S/C27H34N6O5/c1-17-11-13-32(30-16-20-8-7-12-28-24(20)38-6)25(35)21(17)14-23(34)29-15-19-9-10-22(31-18(19)2)33(26(36)37)27(3,4)5/h7-13,30H,14-16H2,1-6H3,(H,29,34)(H,36,37). The Morgan fingerprint density at radius 2 is 1.84 bits per heavy atom. The Bertz CT molecular complexity index is 1380. The maximum Gasteiger partial charge on any atom is 0.413 e. The number of rotatable bonds is 9. The number of aryl methyl sites for hydroxylation is 2. The maximum absolute atomic E-state index is 13.1. The second kappa shape index (κ2) is 11.8. The predicted molar refractivity (Wildman–Crippen MR) is 144 cm³/mol. The number of anilines is 1. The van der Waals surface area contributed by atoms with Crippen molar-refractivity contribution in [3.63, 3.8) is 0 Å². The lowest BCUT2D eigenvalue weighted by Crippen LogP contribution is -2.45. The second-order valence-corrected chi connectivity index (χ2v) is 9.82. The summed E-state index contributed by atoms with van der Waals surface area (Å²) >= 11 is 0. The molecule has 38 heavy (non-hydrogen) atoms. The van der Waals surface area contributed by atoms with Gasteiger partial charge in [0.15, 0.2) is 0 Å². The number of hydrogen-bond acceptors (Lipinski definition) is 7. The van der Waals surface area contributed by atoms with E-state index in [9.17, 15) is 19.5 Å². The third kappa shape index (κ3) is 6.67. The van der Waals surface area contributed by atoms with E-state index < -0.39 is 11.6 Å². The molecule has 0 saturated heterocycles. The molecule has 0 spiro atoms. The molecule has 0 aliphatic rings. The van der Waals surface area contributed by atoms with E-state index in [2.05, 4.69) is 20.7 Å². The maximum atomic E-state index is 13.1. The summed E-state index contributed by atoms with van der Waals surface area (Å²) in [5.74, 6) is 0.461. The van der Waals surface area contributed by atoms with Crippen molar-refractivity contribution in [1.29, 1.82) is 0 Å². The van der Waals surface area contributed by atoms with Gasteiger partial charge in [0.2, 0.25) is 11.8 Å². The molecule has 3 aromatic rings. The van der Waals surface area contributed by atoms with Gasteiger partial charge in [-0.2, -0.15) is 0 Å². The number of hydrogen-bond donors (Lipinski definition) is 3. The topological polar surface area (TPSA) is 139 Å². The van der Waals surface area contributed by atoms with Gasteiger partial charge >= 0.3 is 6.09 Å². The minimum Gasteiger partial charge on any atom is -0.481 e. The van der Waals surface area contributed by atoms with Crippen LogP contribution in [0.1, 0.15) is 48.7 Å². The first kappa shape index (κ1) is 28.2. The average Bonchev–Trinajstić information content (AvgIpc) is 2.84. The highest BCUT2D eigenvalue weighted by atomic mass is 16.5. The van der Waals surface area contributed by atoms with Crippen LogP contribution in [0.5, 0.6) is 5.88 Å². The Morgan fingerprint density at radius 3 is 2.47 bits per heavy atom. The molecule has 11 heteroatoms. The van der Waals surface area contributed by atoms with E-state index in [1.54, 1.807) is 71.3 Å². The number of pyridine rings is 3. The fraction of sp³-hybridized carbons (Fsp3) is 0.370. The Kier molecular flexibility index (Phi) is 8.72. The van der Waals surface area contributed by atoms with E-state index in [0.29, 0.717) is 35.1 Å². The largest absolute Gasteiger partial charge is 0.481 e. The van der Waals surface area contributed by atoms with E-state index in [1.165, 1.54) is 16.7 Å². The van der Waals surface area contributed by atoms with Crippen molar-refractivity contribution in [2.75, 3.05) is 17.4 Å². The van der Waals surface area contributed by atoms with Crippen LogP contribution in [0.4, 0.5) is 10.6 Å². The highest BCUT2D eigenvalue weighted by Crippen LogP contribution is 2.23. The molecule has 3 heterocycles. The average molecular weight is 523 g/mol. The van der Waals surface area contributed by atoms with Gasteiger partial charge in [0.1, 0.15) is 5.82 Å². The number of carboxylic acid groups (broad SMARTS) is 1. The molecule has 0 aliphatic carbocycles. The molecule has 3 rings (SSSR count). The number of nitrogens with one attached hydrogen (secondary N) is 2. The van der Waals surface area contributed by atoms with E-state index in [0.717, 1.165) is 11.1 Å². The molecular weight excluding hydrogens is 488 g/mol. The molecular formula is C27H34N6O5. The number of nitrogens with zero attached hydrogens (tertiary/aromatic N) is 4. The fourth-order valence-corrected chi connectivity index (χ4v) is 3.95. The van der Waals surface area contributed by atoms with Gasteiger partial charge in [-0.05, 0) is 63.9 Å². The number of carbonyl (C=O) groups is 2. The molecule has 0 unspecified atom stereocenters. The zero-order valence-electron chi connectivity index (χ0n) is 22.5. The monoisotopic (exact) mass is 522 g/mol. The zero-order chi connectivity index (χ0) is 28.0. The highest BCUT2D eigenvalue weighted by molar-refractivity contribution is 5.86. The van der Waals surface area contributed by atoms with Crippen molar-refractivity contribution >= 4 is 17.8 Å². The van der Waals surface area contributed by atoms with Crippen molar-refractivity contribution in [1.82, 2.24) is 20.0 Å². The summed E-state index contributed by atoms with van der Waals surface area (Å²) in [6.45, 7) is 9.42. The summed E-state index contributed by atoms with van der Waals surface area (Å²) in [5.41, 5.74) is 5.28. The molecule has 11 nitrogen and oxygen atoms in total. The van der Waals surface area contributed by atoms with Gasteiger partial charge in [-0.15, -0.1) is 0 Å². The molecule has 2 amide bonds. The molecule has 3 N–H and O–H groups in total. The highest BCUT2D eigenvalue weighted by Gasteiger charge is 2.29. The third-order valence-corrected chi connectivity index (χ3v) is 5.99. The van der Waals surface area contributed by atoms with Crippen LogP contribution < -0.4 is 25.9 Å². The van der Waals surface area contributed by atoms with Crippen LogP contribution in [0.3, 0.4) is 0 Å². The minimum atomic E-state index is -1.09. The van der Waals surface area contributed by atoms with Crippen molar-refractivity contribution in [3.8, 4) is 5.88 Å². The molecule has 0 saturated carbocycles. The zero-order valence-corrected chi connectivity index (χ0v) is 22.5. The lowest BCUT2D eigenvalue weighted by atomic mass is 10.1. The number of carbonyl (C=O) groups excluding carboxylic acids is 1. The van der Waals surface area contributed by atoms with Crippen molar-refractivity contribution < 1.29 is 19.4 Å². The Labute approximate surface area is 221 Å². The van der Waals surface area contributed by atoms with Crippen LogP contribution in [-0.2, 0) is 24.3 Å². The minimum absolute atomic E-state index is 0.0925. The Morgan fingerprint density at radius 1 is 1.11 bits per heavy atom. The molecule has 3 aromatic heterocycles. The van der Waals surface area contributed by atoms with Crippen molar-refractivity contribution in [2.24, 2.45) is 0 Å². The quantitative estimate of drug-likeness (QED) is 0.390. The van der Waals surface area contributed by atoms with Crippen LogP contribution in [0, 0.1) is 13.8 Å². The summed E-state index contributed by atoms with van der Waals surface area (Å²) in [6, 6.07) is 8.77. The van der Waals surface area contributed by atoms with E-state index >= 15 is 0 Å². The van der Waals surface area contributed by atoms with E-state index in [1.807, 2.05) is 6.07 Å². The Hall–Kier alpha value is -4.41. The normalized spacial score (nSPS) is 11.1. The summed E-state index contributed by atoms with van der Waals surface area (Å²) in [6.07, 6.45) is 2.06. The first-order chi connectivity index (χ1) is 17.9. The third-order valence-electron chi connectivity index (χ3n) is 5.99. The molecule has 0 aromatic carbocycles. The van der Waals surface area contributed by atoms with Gasteiger partial charge in [-0.25, -0.2) is 19.4 Å². The van der Waals surface area contributed by atoms with Crippen LogP contribution in [0.15, 0.2) is 47.5 Å². The first-order valence-corrected chi connectivity index (χ1v) is 12.1. The molecule has 0 fully saturated rings. The number of aromatic nitrogens is 3. The molecule has 0 radical (unpaired) electrons. The lowest BCUT2D eigenvalue weighted by Gasteiger charge is -2.32. The van der Waals surface area contributed by atoms with Gasteiger partial charge < -0.3 is 20.6 Å². The van der Waals surface area contributed by atoms with Crippen LogP contribution in [0.25, 0.3) is 0 Å². The van der Waals surface area contributed by atoms with Crippen molar-refractivity contribution in [2.45, 2.75) is 59.7 Å². The van der Waals surface area contributed by atoms with Gasteiger partial charge in [-0.3, -0.25) is 14.5 Å². The summed E-state index contributed by atoms with van der Waals surface area (Å²) < 4.78 is 6.60. The van der Waals surface area contributed by atoms with Gasteiger partial charge in [-0.1, -0.05) is 12.1 Å². The molecule has 0 aliphatic heterocycles. The summed E-state index contributed by atoms with van der Waals surface area (Å²) in [4.78, 5) is 47.4. The molecule has 0 bridgehead atoms. The van der Waals surface area contributed by atoms with Crippen LogP contribution >= 0.6 is 0 Å². The van der Waals surface area contributed by atoms with E-state index in [-0.39, 0.29) is 24.4 Å². The van der Waals surface area contributed by atoms with Gasteiger partial charge in [0, 0.05) is 41.3 Å². The number of methoxy groups -OCH3 is 1. The van der Waals surface area contributed by atoms with Crippen LogP contribution in [0.2, 0.25) is 0 Å².